The van der Waals surface area contributed by atoms with Gasteiger partial charge in [-0.1, -0.05) is 59.3 Å². The lowest BCUT2D eigenvalue weighted by Gasteiger charge is -2.13. The number of aromatic nitrogens is 2. The number of amides is 1. The zero-order chi connectivity index (χ0) is 18.5. The molecule has 3 aromatic rings. The number of rotatable bonds is 6. The average molecular weight is 386 g/mol. The molecule has 0 spiro atoms. The maximum Gasteiger partial charge on any atom is 0.233 e. The number of nitrogens with one attached hydrogen (secondary N) is 1. The Morgan fingerprint density at radius 3 is 2.77 bits per heavy atom. The number of aryl methyl sites for hydroxylation is 1. The predicted molar refractivity (Wildman–Crippen MR) is 107 cm³/mol. The average Bonchev–Trinajstić information content (AvgIpc) is 3.09. The van der Waals surface area contributed by atoms with Crippen LogP contribution in [0.3, 0.4) is 0 Å². The summed E-state index contributed by atoms with van der Waals surface area (Å²) in [6, 6.07) is 15.7. The van der Waals surface area contributed by atoms with E-state index in [1.165, 1.54) is 17.3 Å². The van der Waals surface area contributed by atoms with E-state index in [0.29, 0.717) is 11.6 Å². The van der Waals surface area contributed by atoms with Gasteiger partial charge in [-0.25, -0.2) is 4.98 Å². The van der Waals surface area contributed by atoms with Crippen LogP contribution in [0.15, 0.2) is 66.1 Å². The third-order valence-corrected chi connectivity index (χ3v) is 5.25. The standard InChI is InChI=1S/C20H20ClN3OS/c1-14-6-8-16(9-7-14)13-23-19(25)15(2)26-20-22-10-11-24(20)18-5-3-4-17(21)12-18/h3-12,15H,13H2,1-2H3,(H,23,25). The Balaban J connectivity index is 1.63. The Kier molecular flexibility index (Phi) is 6.01. The first-order valence-electron chi connectivity index (χ1n) is 8.32. The van der Waals surface area contributed by atoms with Gasteiger partial charge in [0.1, 0.15) is 0 Å². The molecule has 1 heterocycles. The summed E-state index contributed by atoms with van der Waals surface area (Å²) in [5.74, 6) is -0.0174. The van der Waals surface area contributed by atoms with Gasteiger partial charge >= 0.3 is 0 Å². The van der Waals surface area contributed by atoms with Gasteiger partial charge in [-0.2, -0.15) is 0 Å². The Labute approximate surface area is 162 Å². The molecule has 1 amide bonds. The molecule has 0 saturated carbocycles. The fraction of sp³-hybridized carbons (Fsp3) is 0.200. The summed E-state index contributed by atoms with van der Waals surface area (Å²) in [7, 11) is 0. The normalized spacial score (nSPS) is 12.0. The highest BCUT2D eigenvalue weighted by Crippen LogP contribution is 2.25. The van der Waals surface area contributed by atoms with Gasteiger partial charge in [0.2, 0.25) is 5.91 Å². The van der Waals surface area contributed by atoms with Gasteiger partial charge in [0.15, 0.2) is 5.16 Å². The first kappa shape index (κ1) is 18.5. The van der Waals surface area contributed by atoms with E-state index >= 15 is 0 Å². The SMILES string of the molecule is Cc1ccc(CNC(=O)C(C)Sc2nccn2-c2cccc(Cl)c2)cc1. The van der Waals surface area contributed by atoms with E-state index in [0.717, 1.165) is 16.4 Å². The van der Waals surface area contributed by atoms with Crippen molar-refractivity contribution in [1.82, 2.24) is 14.9 Å². The second-order valence-electron chi connectivity index (χ2n) is 6.02. The number of nitrogens with zero attached hydrogens (tertiary/aromatic N) is 2. The molecule has 1 atom stereocenters. The fourth-order valence-corrected chi connectivity index (χ4v) is 3.54. The van der Waals surface area contributed by atoms with Crippen LogP contribution < -0.4 is 5.32 Å². The molecule has 0 bridgehead atoms. The summed E-state index contributed by atoms with van der Waals surface area (Å²) >= 11 is 7.49. The fourth-order valence-electron chi connectivity index (χ4n) is 2.45. The molecular weight excluding hydrogens is 366 g/mol. The molecule has 0 radical (unpaired) electrons. The van der Waals surface area contributed by atoms with Crippen LogP contribution in [0.5, 0.6) is 0 Å². The van der Waals surface area contributed by atoms with Crippen molar-refractivity contribution in [2.45, 2.75) is 30.8 Å². The van der Waals surface area contributed by atoms with Crippen LogP contribution >= 0.6 is 23.4 Å². The smallest absolute Gasteiger partial charge is 0.233 e. The molecule has 0 aliphatic heterocycles. The van der Waals surface area contributed by atoms with Crippen LogP contribution in [0.2, 0.25) is 5.02 Å². The highest BCUT2D eigenvalue weighted by Gasteiger charge is 2.17. The summed E-state index contributed by atoms with van der Waals surface area (Å²) in [6.45, 7) is 4.45. The number of benzene rings is 2. The lowest BCUT2D eigenvalue weighted by atomic mass is 10.1. The lowest BCUT2D eigenvalue weighted by Crippen LogP contribution is -2.30. The minimum absolute atomic E-state index is 0.0174. The molecule has 1 N–H and O–H groups in total. The molecule has 0 fully saturated rings. The van der Waals surface area contributed by atoms with E-state index in [1.54, 1.807) is 6.20 Å². The largest absolute Gasteiger partial charge is 0.351 e. The molecule has 0 aliphatic carbocycles. The minimum atomic E-state index is -0.263. The second-order valence-corrected chi connectivity index (χ2v) is 7.77. The molecule has 3 rings (SSSR count). The van der Waals surface area contributed by atoms with E-state index in [2.05, 4.69) is 10.3 Å². The van der Waals surface area contributed by atoms with Crippen LogP contribution in [0.4, 0.5) is 0 Å². The van der Waals surface area contributed by atoms with Gasteiger partial charge in [0.25, 0.3) is 0 Å². The van der Waals surface area contributed by atoms with Crippen molar-refractivity contribution >= 4 is 29.3 Å². The van der Waals surface area contributed by atoms with Gasteiger partial charge < -0.3 is 5.32 Å². The lowest BCUT2D eigenvalue weighted by molar-refractivity contribution is -0.120. The molecule has 1 aromatic heterocycles. The summed E-state index contributed by atoms with van der Waals surface area (Å²) in [4.78, 5) is 16.8. The number of carbonyl (C=O) groups excluding carboxylic acids is 1. The van der Waals surface area contributed by atoms with Crippen molar-refractivity contribution in [2.75, 3.05) is 0 Å². The first-order chi connectivity index (χ1) is 12.5. The quantitative estimate of drug-likeness (QED) is 0.629. The highest BCUT2D eigenvalue weighted by molar-refractivity contribution is 8.00. The van der Waals surface area contributed by atoms with E-state index in [-0.39, 0.29) is 11.2 Å². The molecule has 0 saturated heterocycles. The van der Waals surface area contributed by atoms with E-state index in [4.69, 9.17) is 11.6 Å². The van der Waals surface area contributed by atoms with Crippen molar-refractivity contribution < 1.29 is 4.79 Å². The number of halogens is 1. The first-order valence-corrected chi connectivity index (χ1v) is 9.58. The molecule has 6 heteroatoms. The second kappa shape index (κ2) is 8.43. The number of imidazole rings is 1. The Morgan fingerprint density at radius 2 is 2.04 bits per heavy atom. The Bertz CT molecular complexity index is 892. The van der Waals surface area contributed by atoms with Crippen molar-refractivity contribution in [3.8, 4) is 5.69 Å². The van der Waals surface area contributed by atoms with E-state index < -0.39 is 0 Å². The third kappa shape index (κ3) is 4.68. The van der Waals surface area contributed by atoms with Crippen LogP contribution in [-0.2, 0) is 11.3 Å². The van der Waals surface area contributed by atoms with Gasteiger partial charge in [-0.05, 0) is 37.6 Å². The molecule has 0 aliphatic rings. The monoisotopic (exact) mass is 385 g/mol. The topological polar surface area (TPSA) is 46.9 Å². The molecule has 4 nitrogen and oxygen atoms in total. The molecular formula is C20H20ClN3OS. The Hall–Kier alpha value is -2.24. The Morgan fingerprint density at radius 1 is 1.27 bits per heavy atom. The molecule has 134 valence electrons. The molecule has 26 heavy (non-hydrogen) atoms. The summed E-state index contributed by atoms with van der Waals surface area (Å²) in [6.07, 6.45) is 3.59. The predicted octanol–water partition coefficient (Wildman–Crippen LogP) is 4.63. The summed E-state index contributed by atoms with van der Waals surface area (Å²) in [5, 5.41) is 4.14. The van der Waals surface area contributed by atoms with E-state index in [1.807, 2.05) is 73.1 Å². The highest BCUT2D eigenvalue weighted by atomic mass is 35.5. The van der Waals surface area contributed by atoms with Gasteiger partial charge in [-0.3, -0.25) is 9.36 Å². The van der Waals surface area contributed by atoms with Gasteiger partial charge in [0, 0.05) is 29.6 Å². The van der Waals surface area contributed by atoms with Crippen molar-refractivity contribution in [3.05, 3.63) is 77.1 Å². The van der Waals surface area contributed by atoms with E-state index in [9.17, 15) is 4.79 Å². The molecule has 1 unspecified atom stereocenters. The van der Waals surface area contributed by atoms with Crippen molar-refractivity contribution in [1.29, 1.82) is 0 Å². The summed E-state index contributed by atoms with van der Waals surface area (Å²) < 4.78 is 1.93. The number of carbonyl (C=O) groups is 1. The van der Waals surface area contributed by atoms with Crippen molar-refractivity contribution in [2.24, 2.45) is 0 Å². The van der Waals surface area contributed by atoms with Crippen LogP contribution in [0, 0.1) is 6.92 Å². The van der Waals surface area contributed by atoms with Crippen LogP contribution in [0.25, 0.3) is 5.69 Å². The minimum Gasteiger partial charge on any atom is -0.351 e. The van der Waals surface area contributed by atoms with Gasteiger partial charge in [0.05, 0.1) is 5.25 Å². The zero-order valence-corrected chi connectivity index (χ0v) is 16.2. The van der Waals surface area contributed by atoms with Crippen LogP contribution in [0.1, 0.15) is 18.1 Å². The maximum absolute atomic E-state index is 12.4. The zero-order valence-electron chi connectivity index (χ0n) is 14.6. The third-order valence-electron chi connectivity index (χ3n) is 3.93. The van der Waals surface area contributed by atoms with Crippen LogP contribution in [-0.4, -0.2) is 20.7 Å². The maximum atomic E-state index is 12.4. The number of hydrogen-bond donors (Lipinski definition) is 1. The number of thioether (sulfide) groups is 1. The number of hydrogen-bond acceptors (Lipinski definition) is 3. The molecule has 2 aromatic carbocycles. The van der Waals surface area contributed by atoms with Crippen molar-refractivity contribution in [3.63, 3.8) is 0 Å². The van der Waals surface area contributed by atoms with Gasteiger partial charge in [-0.15, -0.1) is 0 Å². The summed E-state index contributed by atoms with van der Waals surface area (Å²) in [5.41, 5.74) is 3.21.